The fourth-order valence-electron chi connectivity index (χ4n) is 4.31. The number of nitrogens with zero attached hydrogens (tertiary/aromatic N) is 2. The number of ether oxygens (including phenoxy) is 1. The van der Waals surface area contributed by atoms with Crippen molar-refractivity contribution in [3.63, 3.8) is 0 Å². The van der Waals surface area contributed by atoms with Crippen LogP contribution in [0.3, 0.4) is 0 Å². The number of fused-ring (bicyclic) bond motifs is 1. The van der Waals surface area contributed by atoms with Gasteiger partial charge >= 0.3 is 12.1 Å². The molecule has 1 fully saturated rings. The van der Waals surface area contributed by atoms with Crippen LogP contribution in [-0.4, -0.2) is 54.0 Å². The zero-order valence-electron chi connectivity index (χ0n) is 21.6. The van der Waals surface area contributed by atoms with Crippen molar-refractivity contribution in [1.82, 2.24) is 5.32 Å². The number of nitrogens with one attached hydrogen (secondary N) is 1. The number of primary amides is 1. The van der Waals surface area contributed by atoms with E-state index in [0.29, 0.717) is 18.4 Å². The molecule has 2 aliphatic rings. The number of para-hydroxylation sites is 1. The van der Waals surface area contributed by atoms with Gasteiger partial charge in [0, 0.05) is 29.9 Å². The number of carbonyl (C=O) groups is 4. The number of anilines is 1. The summed E-state index contributed by atoms with van der Waals surface area (Å²) in [6.45, 7) is -0.784. The molecule has 218 valence electrons. The molecule has 2 atom stereocenters. The summed E-state index contributed by atoms with van der Waals surface area (Å²) in [7, 11) is 0. The molecule has 2 aromatic carbocycles. The molecule has 0 unspecified atom stereocenters. The lowest BCUT2D eigenvalue weighted by molar-refractivity contribution is -0.147. The van der Waals surface area contributed by atoms with Crippen LogP contribution in [0.4, 0.5) is 23.2 Å². The van der Waals surface area contributed by atoms with Gasteiger partial charge in [-0.1, -0.05) is 42.5 Å². The van der Waals surface area contributed by atoms with Gasteiger partial charge in [-0.05, 0) is 25.3 Å². The molecule has 0 bridgehead atoms. The molecule has 0 radical (unpaired) electrons. The van der Waals surface area contributed by atoms with Crippen molar-refractivity contribution < 1.29 is 41.5 Å². The summed E-state index contributed by atoms with van der Waals surface area (Å²) in [4.78, 5) is 56.0. The van der Waals surface area contributed by atoms with Crippen molar-refractivity contribution in [1.29, 1.82) is 0 Å². The minimum atomic E-state index is -4.62. The molecule has 1 aliphatic carbocycles. The Bertz CT molecular complexity index is 1380. The second-order valence-corrected chi connectivity index (χ2v) is 9.90. The number of nitrogens with two attached hydrogens (primary N) is 2. The quantitative estimate of drug-likeness (QED) is 0.291. The Morgan fingerprint density at radius 3 is 2.41 bits per heavy atom. The van der Waals surface area contributed by atoms with Crippen molar-refractivity contribution in [2.45, 2.75) is 50.0 Å². The number of hydrogen-bond donors (Lipinski definition) is 3. The van der Waals surface area contributed by atoms with E-state index >= 15 is 4.39 Å². The van der Waals surface area contributed by atoms with E-state index in [1.807, 2.05) is 0 Å². The first-order chi connectivity index (χ1) is 19.3. The van der Waals surface area contributed by atoms with Gasteiger partial charge in [-0.25, -0.2) is 14.2 Å². The van der Waals surface area contributed by atoms with E-state index in [0.717, 1.165) is 11.0 Å². The lowest BCUT2D eigenvalue weighted by atomic mass is 9.97. The third kappa shape index (κ3) is 7.06. The average molecular weight is 578 g/mol. The van der Waals surface area contributed by atoms with Crippen LogP contribution in [0.25, 0.3) is 0 Å². The van der Waals surface area contributed by atoms with E-state index in [4.69, 9.17) is 16.2 Å². The zero-order valence-corrected chi connectivity index (χ0v) is 21.6. The summed E-state index contributed by atoms with van der Waals surface area (Å²) in [5.74, 6) is -6.37. The summed E-state index contributed by atoms with van der Waals surface area (Å²) in [5, 5.41) is 2.28. The Hall–Kier alpha value is -4.33. The number of halogens is 4. The van der Waals surface area contributed by atoms with Gasteiger partial charge in [-0.15, -0.1) is 0 Å². The Balaban J connectivity index is 1.73. The summed E-state index contributed by atoms with van der Waals surface area (Å²) in [6, 6.07) is 12.2. The zero-order chi connectivity index (χ0) is 29.9. The predicted octanol–water partition coefficient (Wildman–Crippen LogP) is 2.28. The maximum Gasteiger partial charge on any atom is 0.389 e. The minimum absolute atomic E-state index is 0.0757. The number of alkyl halides is 3. The molecule has 1 saturated carbocycles. The van der Waals surface area contributed by atoms with E-state index in [1.165, 1.54) is 12.1 Å². The second kappa shape index (κ2) is 11.6. The first kappa shape index (κ1) is 29.6. The highest BCUT2D eigenvalue weighted by atomic mass is 19.4. The van der Waals surface area contributed by atoms with Crippen LogP contribution in [0.15, 0.2) is 53.5 Å². The van der Waals surface area contributed by atoms with Crippen molar-refractivity contribution in [2.24, 2.45) is 22.4 Å². The van der Waals surface area contributed by atoms with Crippen molar-refractivity contribution in [2.75, 3.05) is 11.6 Å². The fourth-order valence-corrected chi connectivity index (χ4v) is 4.31. The average Bonchev–Trinajstić information content (AvgIpc) is 3.68. The number of rotatable bonds is 10. The number of esters is 1. The number of amides is 3. The van der Waals surface area contributed by atoms with Crippen molar-refractivity contribution >= 4 is 35.1 Å². The Morgan fingerprint density at radius 2 is 1.80 bits per heavy atom. The van der Waals surface area contributed by atoms with Crippen LogP contribution in [0.2, 0.25) is 0 Å². The predicted molar refractivity (Wildman–Crippen MR) is 138 cm³/mol. The lowest BCUT2D eigenvalue weighted by Gasteiger charge is -2.26. The first-order valence-electron chi connectivity index (χ1n) is 12.6. The maximum absolute atomic E-state index is 15.3. The van der Waals surface area contributed by atoms with Gasteiger partial charge in [0.1, 0.15) is 11.4 Å². The van der Waals surface area contributed by atoms with Gasteiger partial charge in [0.25, 0.3) is 5.91 Å². The van der Waals surface area contributed by atoms with Crippen LogP contribution >= 0.6 is 0 Å². The minimum Gasteiger partial charge on any atom is -0.442 e. The molecule has 10 nitrogen and oxygen atoms in total. The molecule has 1 heterocycles. The standard InChI is InChI=1S/C27H27F4N5O5/c28-18-8-4-7-17-20(15-5-2-1-3-6-15)34-22(35-23(38)16(13-19(32)37)9-10-27(29,30)31)24(39)36(21(17)18)14-41-25(40)26(33)11-12-26/h1-8,16,22H,9-14,33H2,(H2,32,37)(H,35,38)/t16-,22-/m1/s1. The van der Waals surface area contributed by atoms with Gasteiger partial charge < -0.3 is 21.5 Å². The Labute approximate surface area is 231 Å². The van der Waals surface area contributed by atoms with E-state index in [-0.39, 0.29) is 17.0 Å². The third-order valence-electron chi connectivity index (χ3n) is 6.71. The molecular formula is C27H27F4N5O5. The van der Waals surface area contributed by atoms with Gasteiger partial charge in [0.15, 0.2) is 6.73 Å². The molecule has 0 spiro atoms. The van der Waals surface area contributed by atoms with Crippen LogP contribution in [0.5, 0.6) is 0 Å². The van der Waals surface area contributed by atoms with Gasteiger partial charge in [-0.2, -0.15) is 13.2 Å². The highest BCUT2D eigenvalue weighted by molar-refractivity contribution is 6.20. The molecule has 3 amide bonds. The molecule has 5 N–H and O–H groups in total. The number of carbonyl (C=O) groups excluding carboxylic acids is 4. The highest BCUT2D eigenvalue weighted by Crippen LogP contribution is 2.35. The van der Waals surface area contributed by atoms with Crippen LogP contribution in [0, 0.1) is 11.7 Å². The molecule has 0 saturated heterocycles. The van der Waals surface area contributed by atoms with Gasteiger partial charge in [-0.3, -0.25) is 19.3 Å². The second-order valence-electron chi connectivity index (χ2n) is 9.90. The van der Waals surface area contributed by atoms with Crippen LogP contribution in [0.1, 0.15) is 43.2 Å². The molecule has 41 heavy (non-hydrogen) atoms. The number of aliphatic imine (C=N–C) groups is 1. The summed E-state index contributed by atoms with van der Waals surface area (Å²) >= 11 is 0. The molecule has 0 aromatic heterocycles. The SMILES string of the molecule is NC(=O)C[C@@H](CCC(F)(F)F)C(=O)N[C@H]1N=C(c2ccccc2)c2cccc(F)c2N(COC(=O)C2(N)CC2)C1=O. The smallest absolute Gasteiger partial charge is 0.389 e. The molecule has 1 aliphatic heterocycles. The van der Waals surface area contributed by atoms with Gasteiger partial charge in [0.05, 0.1) is 11.4 Å². The normalized spacial score (nSPS) is 18.5. The van der Waals surface area contributed by atoms with Gasteiger partial charge in [0.2, 0.25) is 18.0 Å². The van der Waals surface area contributed by atoms with E-state index < -0.39 is 79.3 Å². The van der Waals surface area contributed by atoms with Crippen molar-refractivity contribution in [3.05, 3.63) is 65.5 Å². The lowest BCUT2D eigenvalue weighted by Crippen LogP contribution is -2.50. The molecule has 14 heteroatoms. The van der Waals surface area contributed by atoms with Crippen LogP contribution < -0.4 is 21.7 Å². The number of benzene rings is 2. The van der Waals surface area contributed by atoms with Crippen molar-refractivity contribution in [3.8, 4) is 0 Å². The topological polar surface area (TPSA) is 157 Å². The highest BCUT2D eigenvalue weighted by Gasteiger charge is 2.48. The fraction of sp³-hybridized carbons (Fsp3) is 0.370. The maximum atomic E-state index is 15.3. The van der Waals surface area contributed by atoms with E-state index in [2.05, 4.69) is 10.3 Å². The first-order valence-corrected chi connectivity index (χ1v) is 12.6. The van der Waals surface area contributed by atoms with Crippen LogP contribution in [-0.2, 0) is 23.9 Å². The molecular weight excluding hydrogens is 550 g/mol. The number of benzodiazepines with no additional fused rings is 1. The summed E-state index contributed by atoms with van der Waals surface area (Å²) < 4.78 is 59.3. The van der Waals surface area contributed by atoms with E-state index in [1.54, 1.807) is 30.3 Å². The largest absolute Gasteiger partial charge is 0.442 e. The number of hydrogen-bond acceptors (Lipinski definition) is 7. The monoisotopic (exact) mass is 577 g/mol. The summed E-state index contributed by atoms with van der Waals surface area (Å²) in [5.41, 5.74) is 10.1. The molecule has 2 aromatic rings. The molecule has 4 rings (SSSR count). The van der Waals surface area contributed by atoms with E-state index in [9.17, 15) is 32.3 Å². The Kier molecular flexibility index (Phi) is 8.42. The summed E-state index contributed by atoms with van der Waals surface area (Å²) in [6.07, 6.45) is -8.55. The Morgan fingerprint density at radius 1 is 1.12 bits per heavy atom. The third-order valence-corrected chi connectivity index (χ3v) is 6.71.